The zero-order valence-electron chi connectivity index (χ0n) is 15.0. The average molecular weight is 397 g/mol. The van der Waals surface area contributed by atoms with Crippen molar-refractivity contribution in [1.82, 2.24) is 20.4 Å². The van der Waals surface area contributed by atoms with Gasteiger partial charge >= 0.3 is 0 Å². The highest BCUT2D eigenvalue weighted by atomic mass is 32.1. The third-order valence-corrected chi connectivity index (χ3v) is 4.68. The molecule has 0 aliphatic rings. The van der Waals surface area contributed by atoms with Crippen LogP contribution in [0.25, 0.3) is 22.6 Å². The predicted octanol–water partition coefficient (Wildman–Crippen LogP) is 3.14. The van der Waals surface area contributed by atoms with Gasteiger partial charge in [0.1, 0.15) is 11.5 Å². The number of amides is 2. The van der Waals surface area contributed by atoms with Gasteiger partial charge in [0.15, 0.2) is 10.9 Å². The molecule has 4 rings (SSSR count). The zero-order valence-corrected chi connectivity index (χ0v) is 15.8. The molecule has 0 unspecified atom stereocenters. The standard InChI is InChI=1S/C18H15N5O4S/c1-9-13-5-11(6-20-17(13)27-23-9)16(25)22-18-21-14(8-28-18)15-4-3-12(26-15)7-19-10(2)24/h3-6,8H,7H2,1-2H3,(H,19,24)(H,21,22,25). The van der Waals surface area contributed by atoms with E-state index in [-0.39, 0.29) is 11.8 Å². The number of rotatable bonds is 5. The predicted molar refractivity (Wildman–Crippen MR) is 102 cm³/mol. The first-order valence-corrected chi connectivity index (χ1v) is 9.20. The molecule has 4 heterocycles. The lowest BCUT2D eigenvalue weighted by atomic mass is 10.2. The summed E-state index contributed by atoms with van der Waals surface area (Å²) in [6.07, 6.45) is 1.43. The fraction of sp³-hybridized carbons (Fsp3) is 0.167. The van der Waals surface area contributed by atoms with Gasteiger partial charge in [-0.2, -0.15) is 0 Å². The lowest BCUT2D eigenvalue weighted by molar-refractivity contribution is -0.119. The van der Waals surface area contributed by atoms with Crippen molar-refractivity contribution in [3.8, 4) is 11.5 Å². The number of carbonyl (C=O) groups is 2. The fourth-order valence-electron chi connectivity index (χ4n) is 2.50. The van der Waals surface area contributed by atoms with Gasteiger partial charge in [0, 0.05) is 18.5 Å². The summed E-state index contributed by atoms with van der Waals surface area (Å²) in [5.41, 5.74) is 2.03. The summed E-state index contributed by atoms with van der Waals surface area (Å²) in [6.45, 7) is 3.53. The van der Waals surface area contributed by atoms with Crippen molar-refractivity contribution >= 4 is 39.4 Å². The molecule has 0 fully saturated rings. The van der Waals surface area contributed by atoms with Gasteiger partial charge in [-0.25, -0.2) is 9.97 Å². The molecular weight excluding hydrogens is 382 g/mol. The van der Waals surface area contributed by atoms with Crippen LogP contribution in [0.15, 0.2) is 38.7 Å². The summed E-state index contributed by atoms with van der Waals surface area (Å²) in [4.78, 5) is 31.9. The normalized spacial score (nSPS) is 10.9. The number of aromatic nitrogens is 3. The number of nitrogens with one attached hydrogen (secondary N) is 2. The summed E-state index contributed by atoms with van der Waals surface area (Å²) in [6, 6.07) is 5.22. The van der Waals surface area contributed by atoms with Gasteiger partial charge in [-0.05, 0) is 25.1 Å². The van der Waals surface area contributed by atoms with E-state index in [1.165, 1.54) is 24.5 Å². The summed E-state index contributed by atoms with van der Waals surface area (Å²) >= 11 is 1.28. The number of pyridine rings is 1. The minimum Gasteiger partial charge on any atom is -0.458 e. The first kappa shape index (κ1) is 17.9. The van der Waals surface area contributed by atoms with Crippen LogP contribution < -0.4 is 10.6 Å². The highest BCUT2D eigenvalue weighted by Gasteiger charge is 2.15. The second-order valence-corrected chi connectivity index (χ2v) is 6.87. The second kappa shape index (κ2) is 7.24. The molecule has 142 valence electrons. The molecule has 0 bridgehead atoms. The minimum atomic E-state index is -0.332. The van der Waals surface area contributed by atoms with Gasteiger partial charge < -0.3 is 14.3 Å². The highest BCUT2D eigenvalue weighted by molar-refractivity contribution is 7.14. The van der Waals surface area contributed by atoms with Crippen molar-refractivity contribution in [3.63, 3.8) is 0 Å². The van der Waals surface area contributed by atoms with Gasteiger partial charge in [0.2, 0.25) is 5.91 Å². The molecule has 0 saturated carbocycles. The van der Waals surface area contributed by atoms with Crippen LogP contribution in [0.5, 0.6) is 0 Å². The van der Waals surface area contributed by atoms with Crippen LogP contribution in [0.3, 0.4) is 0 Å². The number of carbonyl (C=O) groups excluding carboxylic acids is 2. The SMILES string of the molecule is CC(=O)NCc1ccc(-c2csc(NC(=O)c3cnc4onc(C)c4c3)n2)o1. The number of anilines is 1. The molecule has 4 aromatic heterocycles. The number of nitrogens with zero attached hydrogens (tertiary/aromatic N) is 3. The number of hydrogen-bond acceptors (Lipinski definition) is 8. The lowest BCUT2D eigenvalue weighted by Gasteiger charge is -2.01. The van der Waals surface area contributed by atoms with Gasteiger partial charge in [-0.3, -0.25) is 14.9 Å². The van der Waals surface area contributed by atoms with Crippen LogP contribution in [0.4, 0.5) is 5.13 Å². The molecule has 0 aromatic carbocycles. The second-order valence-electron chi connectivity index (χ2n) is 6.01. The Labute approximate surface area is 162 Å². The molecule has 2 N–H and O–H groups in total. The van der Waals surface area contributed by atoms with Gasteiger partial charge in [-0.1, -0.05) is 5.16 Å². The molecule has 4 aromatic rings. The lowest BCUT2D eigenvalue weighted by Crippen LogP contribution is -2.18. The summed E-state index contributed by atoms with van der Waals surface area (Å²) in [5, 5.41) is 12.1. The maximum absolute atomic E-state index is 12.5. The van der Waals surface area contributed by atoms with E-state index >= 15 is 0 Å². The fourth-order valence-corrected chi connectivity index (χ4v) is 3.20. The Morgan fingerprint density at radius 2 is 2.14 bits per heavy atom. The Hall–Kier alpha value is -3.53. The Kier molecular flexibility index (Phi) is 4.62. The van der Waals surface area contributed by atoms with E-state index in [9.17, 15) is 9.59 Å². The number of aryl methyl sites for hydroxylation is 1. The molecule has 2 amide bonds. The van der Waals surface area contributed by atoms with Crippen LogP contribution in [0.1, 0.15) is 28.7 Å². The molecule has 10 heteroatoms. The quantitative estimate of drug-likeness (QED) is 0.530. The third kappa shape index (κ3) is 3.62. The van der Waals surface area contributed by atoms with E-state index in [1.54, 1.807) is 30.5 Å². The van der Waals surface area contributed by atoms with E-state index in [2.05, 4.69) is 25.8 Å². The van der Waals surface area contributed by atoms with E-state index in [4.69, 9.17) is 8.94 Å². The Morgan fingerprint density at radius 1 is 1.29 bits per heavy atom. The van der Waals surface area contributed by atoms with Crippen molar-refractivity contribution < 1.29 is 18.5 Å². The molecule has 0 atom stereocenters. The molecule has 0 aliphatic heterocycles. The molecule has 0 saturated heterocycles. The van der Waals surface area contributed by atoms with Crippen molar-refractivity contribution in [2.24, 2.45) is 0 Å². The summed E-state index contributed by atoms with van der Waals surface area (Å²) in [5.74, 6) is 0.708. The maximum atomic E-state index is 12.5. The summed E-state index contributed by atoms with van der Waals surface area (Å²) < 4.78 is 10.7. The number of furan rings is 1. The van der Waals surface area contributed by atoms with Crippen LogP contribution in [0, 0.1) is 6.92 Å². The van der Waals surface area contributed by atoms with Crippen molar-refractivity contribution in [2.45, 2.75) is 20.4 Å². The molecule has 9 nitrogen and oxygen atoms in total. The van der Waals surface area contributed by atoms with E-state index in [1.807, 2.05) is 0 Å². The highest BCUT2D eigenvalue weighted by Crippen LogP contribution is 2.27. The van der Waals surface area contributed by atoms with E-state index in [0.29, 0.717) is 51.2 Å². The Morgan fingerprint density at radius 3 is 2.96 bits per heavy atom. The molecule has 0 radical (unpaired) electrons. The number of fused-ring (bicyclic) bond motifs is 1. The Balaban J connectivity index is 1.47. The maximum Gasteiger partial charge on any atom is 0.259 e. The summed E-state index contributed by atoms with van der Waals surface area (Å²) in [7, 11) is 0. The topological polar surface area (TPSA) is 123 Å². The van der Waals surface area contributed by atoms with Crippen molar-refractivity contribution in [3.05, 3.63) is 46.8 Å². The van der Waals surface area contributed by atoms with E-state index < -0.39 is 0 Å². The molecule has 28 heavy (non-hydrogen) atoms. The Bertz CT molecular complexity index is 1180. The van der Waals surface area contributed by atoms with Crippen LogP contribution in [-0.4, -0.2) is 26.9 Å². The first-order valence-electron chi connectivity index (χ1n) is 8.32. The smallest absolute Gasteiger partial charge is 0.259 e. The first-order chi connectivity index (χ1) is 13.5. The zero-order chi connectivity index (χ0) is 19.7. The average Bonchev–Trinajstić information content (AvgIpc) is 3.40. The largest absolute Gasteiger partial charge is 0.458 e. The van der Waals surface area contributed by atoms with Gasteiger partial charge in [0.05, 0.1) is 23.2 Å². The monoisotopic (exact) mass is 397 g/mol. The van der Waals surface area contributed by atoms with E-state index in [0.717, 1.165) is 0 Å². The minimum absolute atomic E-state index is 0.134. The molecule has 0 spiro atoms. The van der Waals surface area contributed by atoms with Crippen LogP contribution in [0.2, 0.25) is 0 Å². The van der Waals surface area contributed by atoms with Gasteiger partial charge in [0.25, 0.3) is 11.6 Å². The van der Waals surface area contributed by atoms with Crippen LogP contribution >= 0.6 is 11.3 Å². The third-order valence-electron chi connectivity index (χ3n) is 3.92. The van der Waals surface area contributed by atoms with Gasteiger partial charge in [-0.15, -0.1) is 11.3 Å². The van der Waals surface area contributed by atoms with Crippen LogP contribution in [-0.2, 0) is 11.3 Å². The van der Waals surface area contributed by atoms with Crippen molar-refractivity contribution in [2.75, 3.05) is 5.32 Å². The molecule has 0 aliphatic carbocycles. The number of thiazole rings is 1. The molecular formula is C18H15N5O4S. The van der Waals surface area contributed by atoms with Crippen molar-refractivity contribution in [1.29, 1.82) is 0 Å². The number of hydrogen-bond donors (Lipinski definition) is 2.